The molecule has 1 N–H and O–H groups in total. The Morgan fingerprint density at radius 3 is 2.63 bits per heavy atom. The Morgan fingerprint density at radius 2 is 1.96 bits per heavy atom. The minimum absolute atomic E-state index is 0.0596. The van der Waals surface area contributed by atoms with E-state index in [2.05, 4.69) is 17.4 Å². The van der Waals surface area contributed by atoms with Crippen molar-refractivity contribution in [1.29, 1.82) is 0 Å². The van der Waals surface area contributed by atoms with E-state index in [9.17, 15) is 13.2 Å². The van der Waals surface area contributed by atoms with Crippen molar-refractivity contribution >= 4 is 27.2 Å². The van der Waals surface area contributed by atoms with E-state index in [4.69, 9.17) is 0 Å². The third-order valence-corrected chi connectivity index (χ3v) is 9.53. The van der Waals surface area contributed by atoms with Crippen LogP contribution >= 0.6 is 11.3 Å². The molecule has 1 aliphatic carbocycles. The van der Waals surface area contributed by atoms with E-state index in [0.29, 0.717) is 17.2 Å². The molecule has 2 heterocycles. The summed E-state index contributed by atoms with van der Waals surface area (Å²) in [6.07, 6.45) is 2.58. The van der Waals surface area contributed by atoms with Crippen molar-refractivity contribution in [3.05, 3.63) is 52.9 Å². The molecule has 0 spiro atoms. The Morgan fingerprint density at radius 1 is 1.26 bits per heavy atom. The number of nitrogens with one attached hydrogen (secondary N) is 1. The molecule has 1 aliphatic heterocycles. The zero-order valence-corrected chi connectivity index (χ0v) is 17.1. The van der Waals surface area contributed by atoms with Gasteiger partial charge >= 0.3 is 6.03 Å². The molecular weight excluding hydrogens is 380 g/mol. The van der Waals surface area contributed by atoms with Gasteiger partial charge in [0.15, 0.2) is 9.84 Å². The first-order chi connectivity index (χ1) is 12.8. The second-order valence-electron chi connectivity index (χ2n) is 7.76. The van der Waals surface area contributed by atoms with Gasteiger partial charge in [0.1, 0.15) is 4.21 Å². The Balaban J connectivity index is 1.47. The molecule has 2 amide bonds. The van der Waals surface area contributed by atoms with E-state index in [1.54, 1.807) is 17.2 Å². The molecule has 4 rings (SSSR count). The largest absolute Gasteiger partial charge is 0.331 e. The number of hydrogen-bond donors (Lipinski definition) is 1. The first kappa shape index (κ1) is 18.5. The van der Waals surface area contributed by atoms with Gasteiger partial charge in [-0.25, -0.2) is 13.2 Å². The summed E-state index contributed by atoms with van der Waals surface area (Å²) in [4.78, 5) is 14.6. The number of thiophene rings is 1. The lowest BCUT2D eigenvalue weighted by Crippen LogP contribution is -2.44. The molecule has 2 aromatic rings. The molecule has 5 nitrogen and oxygen atoms in total. The van der Waals surface area contributed by atoms with E-state index in [-0.39, 0.29) is 17.5 Å². The maximum atomic E-state index is 12.8. The number of fused-ring (bicyclic) bond motifs is 1. The zero-order chi connectivity index (χ0) is 19.2. The summed E-state index contributed by atoms with van der Waals surface area (Å²) in [5.74, 6) is 0. The number of nitrogens with zero attached hydrogens (tertiary/aromatic N) is 1. The van der Waals surface area contributed by atoms with Crippen LogP contribution in [0.4, 0.5) is 4.79 Å². The maximum Gasteiger partial charge on any atom is 0.317 e. The second-order valence-corrected chi connectivity index (χ2v) is 11.2. The molecule has 1 aromatic heterocycles. The monoisotopic (exact) mass is 404 g/mol. The van der Waals surface area contributed by atoms with Gasteiger partial charge in [-0.2, -0.15) is 0 Å². The highest BCUT2D eigenvalue weighted by Gasteiger charge is 2.46. The van der Waals surface area contributed by atoms with Crippen LogP contribution in [0.3, 0.4) is 0 Å². The molecule has 0 bridgehead atoms. The van der Waals surface area contributed by atoms with Crippen molar-refractivity contribution in [3.8, 4) is 0 Å². The third kappa shape index (κ3) is 3.27. The third-order valence-electron chi connectivity index (χ3n) is 5.81. The Hall–Kier alpha value is -1.86. The van der Waals surface area contributed by atoms with Gasteiger partial charge in [0.2, 0.25) is 0 Å². The molecule has 144 valence electrons. The van der Waals surface area contributed by atoms with Gasteiger partial charge in [-0.3, -0.25) is 0 Å². The smallest absolute Gasteiger partial charge is 0.317 e. The van der Waals surface area contributed by atoms with Crippen molar-refractivity contribution < 1.29 is 13.2 Å². The zero-order valence-electron chi connectivity index (χ0n) is 15.5. The maximum absolute atomic E-state index is 12.8. The van der Waals surface area contributed by atoms with Crippen LogP contribution in [0.15, 0.2) is 46.0 Å². The number of likely N-dealkylation sites (N-methyl/N-ethyl adjacent to an activating group) is 1. The topological polar surface area (TPSA) is 66.5 Å². The summed E-state index contributed by atoms with van der Waals surface area (Å²) in [5.41, 5.74) is 2.07. The highest BCUT2D eigenvalue weighted by Crippen LogP contribution is 2.48. The number of urea groups is 1. The quantitative estimate of drug-likeness (QED) is 0.844. The van der Waals surface area contributed by atoms with E-state index in [1.165, 1.54) is 16.9 Å². The number of hydrogen-bond acceptors (Lipinski definition) is 4. The number of amides is 2. The number of rotatable bonds is 4. The van der Waals surface area contributed by atoms with Crippen LogP contribution < -0.4 is 5.32 Å². The molecule has 1 saturated carbocycles. The lowest BCUT2D eigenvalue weighted by atomic mass is 9.95. The lowest BCUT2D eigenvalue weighted by molar-refractivity contribution is 0.199. The van der Waals surface area contributed by atoms with Crippen molar-refractivity contribution in [2.45, 2.75) is 47.1 Å². The fraction of sp³-hybridized carbons (Fsp3) is 0.450. The molecule has 2 aliphatic rings. The SMILES string of the molecule is C[C@H]1C[C@H](NC(=O)N(C)CC2(c3ccccc3)CC2)c2ccsc2S1(=O)=O. The summed E-state index contributed by atoms with van der Waals surface area (Å²) < 4.78 is 25.3. The first-order valence-corrected chi connectivity index (χ1v) is 11.6. The summed E-state index contributed by atoms with van der Waals surface area (Å²) in [5, 5.41) is 4.36. The minimum atomic E-state index is -3.27. The van der Waals surface area contributed by atoms with Crippen LogP contribution in [-0.4, -0.2) is 38.2 Å². The molecule has 1 aromatic carbocycles. The van der Waals surface area contributed by atoms with Crippen LogP contribution in [0.1, 0.15) is 43.4 Å². The Labute approximate surface area is 164 Å². The average molecular weight is 405 g/mol. The fourth-order valence-electron chi connectivity index (χ4n) is 3.97. The molecule has 7 heteroatoms. The first-order valence-electron chi connectivity index (χ1n) is 9.22. The molecule has 0 unspecified atom stereocenters. The number of sulfone groups is 1. The van der Waals surface area contributed by atoms with Crippen LogP contribution in [0, 0.1) is 0 Å². The predicted molar refractivity (Wildman–Crippen MR) is 107 cm³/mol. The van der Waals surface area contributed by atoms with E-state index < -0.39 is 15.1 Å². The van der Waals surface area contributed by atoms with Gasteiger partial charge in [-0.05, 0) is 43.2 Å². The van der Waals surface area contributed by atoms with Gasteiger partial charge in [0.25, 0.3) is 0 Å². The van der Waals surface area contributed by atoms with Crippen LogP contribution in [0.2, 0.25) is 0 Å². The molecule has 2 atom stereocenters. The van der Waals surface area contributed by atoms with E-state index in [0.717, 1.165) is 18.4 Å². The Bertz CT molecular complexity index is 949. The van der Waals surface area contributed by atoms with Gasteiger partial charge in [-0.15, -0.1) is 11.3 Å². The summed E-state index contributed by atoms with van der Waals surface area (Å²) >= 11 is 1.24. The van der Waals surface area contributed by atoms with Crippen LogP contribution in [-0.2, 0) is 15.3 Å². The summed E-state index contributed by atoms with van der Waals surface area (Å²) in [6.45, 7) is 2.38. The van der Waals surface area contributed by atoms with E-state index >= 15 is 0 Å². The van der Waals surface area contributed by atoms with Crippen LogP contribution in [0.5, 0.6) is 0 Å². The minimum Gasteiger partial charge on any atom is -0.331 e. The predicted octanol–water partition coefficient (Wildman–Crippen LogP) is 3.73. The van der Waals surface area contributed by atoms with Crippen molar-refractivity contribution in [1.82, 2.24) is 10.2 Å². The number of carbonyl (C=O) groups is 1. The van der Waals surface area contributed by atoms with Gasteiger partial charge in [0.05, 0.1) is 11.3 Å². The summed E-state index contributed by atoms with van der Waals surface area (Å²) in [7, 11) is -1.45. The van der Waals surface area contributed by atoms with Gasteiger partial charge in [-0.1, -0.05) is 30.3 Å². The molecule has 27 heavy (non-hydrogen) atoms. The molecular formula is C20H24N2O3S2. The van der Waals surface area contributed by atoms with Crippen molar-refractivity contribution in [2.24, 2.45) is 0 Å². The fourth-order valence-corrected chi connectivity index (χ4v) is 7.20. The normalized spacial score (nSPS) is 24.7. The molecule has 0 radical (unpaired) electrons. The van der Waals surface area contributed by atoms with Gasteiger partial charge < -0.3 is 10.2 Å². The lowest BCUT2D eigenvalue weighted by Gasteiger charge is -2.31. The number of benzene rings is 1. The average Bonchev–Trinajstić information content (AvgIpc) is 3.24. The van der Waals surface area contributed by atoms with Crippen LogP contribution in [0.25, 0.3) is 0 Å². The highest BCUT2D eigenvalue weighted by atomic mass is 32.2. The summed E-state index contributed by atoms with van der Waals surface area (Å²) in [6, 6.07) is 11.8. The highest BCUT2D eigenvalue weighted by molar-refractivity contribution is 7.94. The van der Waals surface area contributed by atoms with Crippen molar-refractivity contribution in [2.75, 3.05) is 13.6 Å². The Kier molecular flexibility index (Phi) is 4.55. The standard InChI is InChI=1S/C20H24N2O3S2/c1-14-12-17(16-8-11-26-18(16)27(14,24)25)21-19(23)22(2)13-20(9-10-20)15-6-4-3-5-7-15/h3-8,11,14,17H,9-10,12-13H2,1-2H3,(H,21,23)/t14-,17-/m0/s1. The van der Waals surface area contributed by atoms with E-state index in [1.807, 2.05) is 31.3 Å². The second kappa shape index (κ2) is 6.63. The molecule has 1 fully saturated rings. The molecule has 0 saturated heterocycles. The van der Waals surface area contributed by atoms with Crippen molar-refractivity contribution in [3.63, 3.8) is 0 Å². The van der Waals surface area contributed by atoms with Gasteiger partial charge in [0, 0.05) is 24.6 Å². The number of carbonyl (C=O) groups excluding carboxylic acids is 1.